The van der Waals surface area contributed by atoms with E-state index in [2.05, 4.69) is 23.2 Å². The summed E-state index contributed by atoms with van der Waals surface area (Å²) in [5, 5.41) is 5.96. The van der Waals surface area contributed by atoms with Gasteiger partial charge in [-0.3, -0.25) is 0 Å². The molecule has 0 saturated heterocycles. The summed E-state index contributed by atoms with van der Waals surface area (Å²) in [6, 6.07) is 16.6. The molecular formula is C21H17FN4. The van der Waals surface area contributed by atoms with Gasteiger partial charge in [0.15, 0.2) is 0 Å². The molecule has 4 aromatic rings. The van der Waals surface area contributed by atoms with Crippen LogP contribution in [0.1, 0.15) is 24.5 Å². The number of pyridine rings is 1. The van der Waals surface area contributed by atoms with Crippen molar-refractivity contribution in [2.45, 2.75) is 18.8 Å². The molecular weight excluding hydrogens is 327 g/mol. The van der Waals surface area contributed by atoms with Gasteiger partial charge in [-0.2, -0.15) is 5.10 Å². The Labute approximate surface area is 150 Å². The summed E-state index contributed by atoms with van der Waals surface area (Å²) in [5.74, 6) is 0.729. The van der Waals surface area contributed by atoms with E-state index in [1.54, 1.807) is 12.3 Å². The van der Waals surface area contributed by atoms with E-state index in [-0.39, 0.29) is 5.82 Å². The molecule has 4 nitrogen and oxygen atoms in total. The average molecular weight is 344 g/mol. The smallest absolute Gasteiger partial charge is 0.125 e. The predicted octanol–water partition coefficient (Wildman–Crippen LogP) is 4.69. The standard InChI is InChI=1S/C21H17FN4/c22-16-2-1-3-17(12-16)26-19-10-14(15-8-9-24-20(23)11-15)6-7-18(19)21(25-26)13-4-5-13/h1-3,6-13H,4-5H2,(H2,23,24). The third kappa shape index (κ3) is 2.52. The third-order valence-electron chi connectivity index (χ3n) is 4.84. The van der Waals surface area contributed by atoms with Crippen LogP contribution >= 0.6 is 0 Å². The quantitative estimate of drug-likeness (QED) is 0.587. The van der Waals surface area contributed by atoms with Crippen molar-refractivity contribution >= 4 is 16.7 Å². The van der Waals surface area contributed by atoms with Gasteiger partial charge in [0, 0.05) is 17.5 Å². The number of nitrogens with zero attached hydrogens (tertiary/aromatic N) is 3. The molecule has 5 heteroatoms. The summed E-state index contributed by atoms with van der Waals surface area (Å²) in [5.41, 5.74) is 10.7. The minimum atomic E-state index is -0.266. The van der Waals surface area contributed by atoms with Gasteiger partial charge in [0.2, 0.25) is 0 Å². The minimum absolute atomic E-state index is 0.266. The Balaban J connectivity index is 1.74. The molecule has 2 aromatic carbocycles. The van der Waals surface area contributed by atoms with Gasteiger partial charge in [-0.25, -0.2) is 14.1 Å². The summed E-state index contributed by atoms with van der Waals surface area (Å²) < 4.78 is 15.6. The molecule has 0 bridgehead atoms. The van der Waals surface area contributed by atoms with Crippen molar-refractivity contribution in [3.05, 3.63) is 72.3 Å². The molecule has 1 saturated carbocycles. The summed E-state index contributed by atoms with van der Waals surface area (Å²) in [6.45, 7) is 0. The molecule has 0 amide bonds. The van der Waals surface area contributed by atoms with Crippen LogP contribution in [0.25, 0.3) is 27.7 Å². The van der Waals surface area contributed by atoms with Gasteiger partial charge in [0.05, 0.1) is 16.9 Å². The third-order valence-corrected chi connectivity index (χ3v) is 4.84. The average Bonchev–Trinajstić information content (AvgIpc) is 3.42. The first-order chi connectivity index (χ1) is 12.7. The summed E-state index contributed by atoms with van der Waals surface area (Å²) in [6.07, 6.45) is 4.03. The van der Waals surface area contributed by atoms with Gasteiger partial charge < -0.3 is 5.73 Å². The molecule has 26 heavy (non-hydrogen) atoms. The highest BCUT2D eigenvalue weighted by Crippen LogP contribution is 2.43. The number of anilines is 1. The van der Waals surface area contributed by atoms with Crippen molar-refractivity contribution in [1.29, 1.82) is 0 Å². The fraction of sp³-hybridized carbons (Fsp3) is 0.143. The molecule has 1 aliphatic carbocycles. The topological polar surface area (TPSA) is 56.7 Å². The lowest BCUT2D eigenvalue weighted by molar-refractivity contribution is 0.625. The van der Waals surface area contributed by atoms with E-state index >= 15 is 0 Å². The van der Waals surface area contributed by atoms with Crippen molar-refractivity contribution in [3.63, 3.8) is 0 Å². The number of benzene rings is 2. The van der Waals surface area contributed by atoms with Crippen molar-refractivity contribution < 1.29 is 4.39 Å². The Bertz CT molecular complexity index is 1130. The largest absolute Gasteiger partial charge is 0.384 e. The minimum Gasteiger partial charge on any atom is -0.384 e. The maximum Gasteiger partial charge on any atom is 0.125 e. The number of hydrogen-bond acceptors (Lipinski definition) is 3. The van der Waals surface area contributed by atoms with Crippen LogP contribution in [0.5, 0.6) is 0 Å². The molecule has 0 aliphatic heterocycles. The second-order valence-corrected chi connectivity index (χ2v) is 6.75. The van der Waals surface area contributed by atoms with Crippen LogP contribution < -0.4 is 5.73 Å². The zero-order chi connectivity index (χ0) is 17.7. The molecule has 0 atom stereocenters. The zero-order valence-electron chi connectivity index (χ0n) is 14.1. The summed E-state index contributed by atoms with van der Waals surface area (Å²) >= 11 is 0. The van der Waals surface area contributed by atoms with E-state index in [1.807, 2.05) is 22.9 Å². The molecule has 0 spiro atoms. The lowest BCUT2D eigenvalue weighted by atomic mass is 10.0. The first-order valence-corrected chi connectivity index (χ1v) is 8.69. The number of aromatic nitrogens is 3. The molecule has 128 valence electrons. The van der Waals surface area contributed by atoms with Gasteiger partial charge in [-0.1, -0.05) is 18.2 Å². The molecule has 2 aromatic heterocycles. The van der Waals surface area contributed by atoms with Gasteiger partial charge in [-0.15, -0.1) is 0 Å². The van der Waals surface area contributed by atoms with Crippen LogP contribution in [0.15, 0.2) is 60.8 Å². The normalized spacial score (nSPS) is 14.0. The lowest BCUT2D eigenvalue weighted by Gasteiger charge is -2.06. The van der Waals surface area contributed by atoms with E-state index in [4.69, 9.17) is 10.8 Å². The lowest BCUT2D eigenvalue weighted by Crippen LogP contribution is -1.97. The highest BCUT2D eigenvalue weighted by atomic mass is 19.1. The SMILES string of the molecule is Nc1cc(-c2ccc3c(C4CC4)nn(-c4cccc(F)c4)c3c2)ccn1. The molecule has 2 heterocycles. The first-order valence-electron chi connectivity index (χ1n) is 8.69. The van der Waals surface area contributed by atoms with Crippen molar-refractivity contribution in [2.75, 3.05) is 5.73 Å². The molecule has 2 N–H and O–H groups in total. The number of nitrogen functional groups attached to an aromatic ring is 1. The fourth-order valence-corrected chi connectivity index (χ4v) is 3.41. The first kappa shape index (κ1) is 15.1. The van der Waals surface area contributed by atoms with Crippen LogP contribution in [-0.2, 0) is 0 Å². The Morgan fingerprint density at radius 3 is 2.62 bits per heavy atom. The number of fused-ring (bicyclic) bond motifs is 1. The molecule has 0 radical (unpaired) electrons. The molecule has 1 fully saturated rings. The Hall–Kier alpha value is -3.21. The number of rotatable bonds is 3. The van der Waals surface area contributed by atoms with Gasteiger partial charge in [0.25, 0.3) is 0 Å². The maximum atomic E-state index is 13.8. The van der Waals surface area contributed by atoms with Crippen molar-refractivity contribution in [2.24, 2.45) is 0 Å². The predicted molar refractivity (Wildman–Crippen MR) is 101 cm³/mol. The molecule has 5 rings (SSSR count). The van der Waals surface area contributed by atoms with Gasteiger partial charge in [0.1, 0.15) is 11.6 Å². The van der Waals surface area contributed by atoms with Crippen LogP contribution in [0.2, 0.25) is 0 Å². The van der Waals surface area contributed by atoms with E-state index < -0.39 is 0 Å². The molecule has 0 unspecified atom stereocenters. The van der Waals surface area contributed by atoms with Crippen LogP contribution in [0.4, 0.5) is 10.2 Å². The monoisotopic (exact) mass is 344 g/mol. The summed E-state index contributed by atoms with van der Waals surface area (Å²) in [7, 11) is 0. The van der Waals surface area contributed by atoms with Crippen LogP contribution in [0.3, 0.4) is 0 Å². The number of halogens is 1. The van der Waals surface area contributed by atoms with E-state index in [1.165, 1.54) is 12.1 Å². The Morgan fingerprint density at radius 2 is 1.85 bits per heavy atom. The fourth-order valence-electron chi connectivity index (χ4n) is 3.41. The second kappa shape index (κ2) is 5.66. The number of nitrogens with two attached hydrogens (primary N) is 1. The zero-order valence-corrected chi connectivity index (χ0v) is 14.1. The van der Waals surface area contributed by atoms with Crippen LogP contribution in [0, 0.1) is 5.82 Å². The Kier molecular flexibility index (Phi) is 3.28. The highest BCUT2D eigenvalue weighted by molar-refractivity contribution is 5.88. The Morgan fingerprint density at radius 1 is 1.00 bits per heavy atom. The highest BCUT2D eigenvalue weighted by Gasteiger charge is 2.29. The van der Waals surface area contributed by atoms with Gasteiger partial charge >= 0.3 is 0 Å². The van der Waals surface area contributed by atoms with Crippen molar-refractivity contribution in [3.8, 4) is 16.8 Å². The van der Waals surface area contributed by atoms with E-state index in [0.717, 1.165) is 46.3 Å². The van der Waals surface area contributed by atoms with E-state index in [9.17, 15) is 4.39 Å². The number of hydrogen-bond donors (Lipinski definition) is 1. The second-order valence-electron chi connectivity index (χ2n) is 6.75. The maximum absolute atomic E-state index is 13.8. The van der Waals surface area contributed by atoms with Gasteiger partial charge in [-0.05, 0) is 60.4 Å². The molecule has 1 aliphatic rings. The van der Waals surface area contributed by atoms with Crippen molar-refractivity contribution in [1.82, 2.24) is 14.8 Å². The summed E-state index contributed by atoms with van der Waals surface area (Å²) in [4.78, 5) is 4.06. The van der Waals surface area contributed by atoms with E-state index in [0.29, 0.717) is 11.7 Å². The van der Waals surface area contributed by atoms with Crippen LogP contribution in [-0.4, -0.2) is 14.8 Å².